The third-order valence-corrected chi connectivity index (χ3v) is 6.01. The van der Waals surface area contributed by atoms with E-state index >= 15 is 0 Å². The van der Waals surface area contributed by atoms with E-state index in [2.05, 4.69) is 0 Å². The summed E-state index contributed by atoms with van der Waals surface area (Å²) in [5.41, 5.74) is -4.26. The van der Waals surface area contributed by atoms with Crippen LogP contribution in [0.25, 0.3) is 0 Å². The third kappa shape index (κ3) is 8.47. The zero-order valence-corrected chi connectivity index (χ0v) is 23.5. The van der Waals surface area contributed by atoms with Crippen LogP contribution >= 0.6 is 11.8 Å². The molecule has 9 heteroatoms. The average Bonchev–Trinajstić information content (AvgIpc) is 2.62. The predicted octanol–water partition coefficient (Wildman–Crippen LogP) is 4.52. The number of carbonyl (C=O) groups excluding carboxylic acids is 4. The van der Waals surface area contributed by atoms with Crippen LogP contribution < -0.4 is 0 Å². The van der Waals surface area contributed by atoms with Crippen LogP contribution in [0.4, 0.5) is 0 Å². The van der Waals surface area contributed by atoms with Crippen molar-refractivity contribution in [2.75, 3.05) is 5.75 Å². The Kier molecular flexibility index (Phi) is 9.31. The molecule has 1 aliphatic rings. The highest BCUT2D eigenvalue weighted by Crippen LogP contribution is 2.37. The van der Waals surface area contributed by atoms with Crippen molar-refractivity contribution < 1.29 is 38.1 Å². The second kappa shape index (κ2) is 10.5. The molecule has 1 aliphatic heterocycles. The molecule has 0 N–H and O–H groups in total. The topological polar surface area (TPSA) is 105 Å². The lowest BCUT2D eigenvalue weighted by atomic mass is 9.95. The largest absolute Gasteiger partial charge is 0.457 e. The normalized spacial score (nSPS) is 24.1. The van der Waals surface area contributed by atoms with Gasteiger partial charge in [-0.25, -0.2) is 0 Å². The van der Waals surface area contributed by atoms with Gasteiger partial charge in [0.05, 0.1) is 21.7 Å². The lowest BCUT2D eigenvalue weighted by Gasteiger charge is -2.42. The first kappa shape index (κ1) is 30.3. The maximum Gasteiger partial charge on any atom is 0.312 e. The van der Waals surface area contributed by atoms with Crippen molar-refractivity contribution in [2.24, 2.45) is 21.7 Å². The van der Waals surface area contributed by atoms with Crippen molar-refractivity contribution in [3.8, 4) is 0 Å². The van der Waals surface area contributed by atoms with Gasteiger partial charge in [-0.2, -0.15) is 0 Å². The van der Waals surface area contributed by atoms with E-state index < -0.39 is 69.3 Å². The minimum atomic E-state index is -1.17. The van der Waals surface area contributed by atoms with E-state index in [-0.39, 0.29) is 5.75 Å². The van der Waals surface area contributed by atoms with Crippen LogP contribution in [-0.2, 0) is 38.1 Å². The van der Waals surface area contributed by atoms with E-state index in [9.17, 15) is 19.2 Å². The molecular weight excluding hydrogens is 460 g/mol. The maximum absolute atomic E-state index is 12.9. The Morgan fingerprint density at radius 2 is 0.853 bits per heavy atom. The molecule has 0 unspecified atom stereocenters. The standard InChI is InChI=1S/C25H42O8S/c1-22(2,3)18(26)30-14-13-34-17(33-21(29)25(10,11)12)16(32-20(28)24(7,8)9)15(14)31-19(27)23(4,5)6/h14-17H,13H2,1-12H3/t14-,15+,16-,17-/m1/s1. The minimum Gasteiger partial charge on any atom is -0.457 e. The summed E-state index contributed by atoms with van der Waals surface area (Å²) in [6, 6.07) is 0. The van der Waals surface area contributed by atoms with Crippen molar-refractivity contribution in [2.45, 2.75) is 107 Å². The molecule has 4 atom stereocenters. The summed E-state index contributed by atoms with van der Waals surface area (Å²) < 4.78 is 23.1. The fourth-order valence-electron chi connectivity index (χ4n) is 2.41. The highest BCUT2D eigenvalue weighted by Gasteiger charge is 2.51. The van der Waals surface area contributed by atoms with E-state index in [0.29, 0.717) is 0 Å². The van der Waals surface area contributed by atoms with Gasteiger partial charge >= 0.3 is 23.9 Å². The van der Waals surface area contributed by atoms with Gasteiger partial charge in [-0.05, 0) is 83.1 Å². The molecule has 8 nitrogen and oxygen atoms in total. The van der Waals surface area contributed by atoms with Crippen LogP contribution in [-0.4, -0.2) is 53.4 Å². The number of hydrogen-bond acceptors (Lipinski definition) is 9. The van der Waals surface area contributed by atoms with E-state index in [1.165, 1.54) is 11.8 Å². The Morgan fingerprint density at radius 3 is 1.24 bits per heavy atom. The van der Waals surface area contributed by atoms with E-state index in [0.717, 1.165) is 0 Å². The monoisotopic (exact) mass is 502 g/mol. The first-order valence-corrected chi connectivity index (χ1v) is 12.6. The number of rotatable bonds is 4. The second-order valence-corrected chi connectivity index (χ2v) is 13.9. The molecule has 196 valence electrons. The Bertz CT molecular complexity index is 711. The first-order valence-electron chi connectivity index (χ1n) is 11.5. The van der Waals surface area contributed by atoms with Gasteiger partial charge in [-0.15, -0.1) is 11.8 Å². The van der Waals surface area contributed by atoms with Crippen LogP contribution in [0.15, 0.2) is 0 Å². The molecule has 0 aliphatic carbocycles. The Morgan fingerprint density at radius 1 is 0.529 bits per heavy atom. The molecule has 34 heavy (non-hydrogen) atoms. The number of esters is 4. The van der Waals surface area contributed by atoms with Gasteiger partial charge in [0.15, 0.2) is 23.7 Å². The van der Waals surface area contributed by atoms with E-state index in [4.69, 9.17) is 18.9 Å². The fraction of sp³-hybridized carbons (Fsp3) is 0.840. The SMILES string of the molecule is CC(C)(C)C(=O)O[C@@H]1[C@@H](OC(=O)C(C)(C)C)[C@H](OC(=O)C(C)(C)C)CS[C@H]1OC(=O)C(C)(C)C. The Hall–Kier alpha value is -1.77. The number of ether oxygens (including phenoxy) is 4. The first-order chi connectivity index (χ1) is 15.0. The zero-order valence-electron chi connectivity index (χ0n) is 22.7. The summed E-state index contributed by atoms with van der Waals surface area (Å²) in [6.07, 6.45) is -3.21. The summed E-state index contributed by atoms with van der Waals surface area (Å²) in [7, 11) is 0. The Balaban J connectivity index is 3.45. The molecule has 1 heterocycles. The van der Waals surface area contributed by atoms with Crippen LogP contribution in [0.3, 0.4) is 0 Å². The van der Waals surface area contributed by atoms with Gasteiger partial charge in [0.2, 0.25) is 0 Å². The minimum absolute atomic E-state index is 0.190. The van der Waals surface area contributed by atoms with Gasteiger partial charge in [0, 0.05) is 5.75 Å². The van der Waals surface area contributed by atoms with Crippen molar-refractivity contribution in [1.29, 1.82) is 0 Å². The van der Waals surface area contributed by atoms with Crippen molar-refractivity contribution >= 4 is 35.6 Å². The zero-order chi connectivity index (χ0) is 26.9. The third-order valence-electron chi connectivity index (χ3n) is 4.80. The molecule has 1 rings (SSSR count). The lowest BCUT2D eigenvalue weighted by Crippen LogP contribution is -2.57. The summed E-state index contributed by atoms with van der Waals surface area (Å²) >= 11 is 1.18. The molecule has 0 radical (unpaired) electrons. The molecule has 0 aromatic heterocycles. The van der Waals surface area contributed by atoms with Gasteiger partial charge in [-0.3, -0.25) is 19.2 Å². The van der Waals surface area contributed by atoms with Crippen LogP contribution in [0.1, 0.15) is 83.1 Å². The molecule has 1 saturated heterocycles. The van der Waals surface area contributed by atoms with Crippen LogP contribution in [0, 0.1) is 21.7 Å². The summed E-state index contributed by atoms with van der Waals surface area (Å²) in [5.74, 6) is -1.91. The molecule has 0 aromatic rings. The average molecular weight is 503 g/mol. The number of carbonyl (C=O) groups is 4. The van der Waals surface area contributed by atoms with E-state index in [1.54, 1.807) is 83.1 Å². The van der Waals surface area contributed by atoms with Crippen molar-refractivity contribution in [3.05, 3.63) is 0 Å². The van der Waals surface area contributed by atoms with Crippen LogP contribution in [0.2, 0.25) is 0 Å². The quantitative estimate of drug-likeness (QED) is 0.405. The maximum atomic E-state index is 12.9. The fourth-order valence-corrected chi connectivity index (χ4v) is 3.60. The Labute approximate surface area is 208 Å². The molecule has 0 aromatic carbocycles. The predicted molar refractivity (Wildman–Crippen MR) is 130 cm³/mol. The second-order valence-electron chi connectivity index (χ2n) is 12.8. The molecule has 0 bridgehead atoms. The summed E-state index contributed by atoms with van der Waals surface area (Å²) in [4.78, 5) is 51.1. The van der Waals surface area contributed by atoms with Crippen molar-refractivity contribution in [3.63, 3.8) is 0 Å². The van der Waals surface area contributed by atoms with Gasteiger partial charge in [0.25, 0.3) is 0 Å². The lowest BCUT2D eigenvalue weighted by molar-refractivity contribution is -0.204. The number of thioether (sulfide) groups is 1. The molecule has 1 fully saturated rings. The van der Waals surface area contributed by atoms with Gasteiger partial charge in [0.1, 0.15) is 0 Å². The van der Waals surface area contributed by atoms with Gasteiger partial charge < -0.3 is 18.9 Å². The highest BCUT2D eigenvalue weighted by molar-refractivity contribution is 7.99. The summed E-state index contributed by atoms with van der Waals surface area (Å²) in [5, 5.41) is 0. The molecule has 0 saturated carbocycles. The molecule has 0 amide bonds. The smallest absolute Gasteiger partial charge is 0.312 e. The highest BCUT2D eigenvalue weighted by atomic mass is 32.2. The molecule has 0 spiro atoms. The van der Waals surface area contributed by atoms with E-state index in [1.807, 2.05) is 0 Å². The van der Waals surface area contributed by atoms with Gasteiger partial charge in [-0.1, -0.05) is 0 Å². The van der Waals surface area contributed by atoms with Crippen molar-refractivity contribution in [1.82, 2.24) is 0 Å². The summed E-state index contributed by atoms with van der Waals surface area (Å²) in [6.45, 7) is 20.4. The number of hydrogen-bond donors (Lipinski definition) is 0. The molecular formula is C25H42O8S. The van der Waals surface area contributed by atoms with Crippen LogP contribution in [0.5, 0.6) is 0 Å².